The van der Waals surface area contributed by atoms with Gasteiger partial charge in [-0.05, 0) is 38.3 Å². The van der Waals surface area contributed by atoms with Gasteiger partial charge in [-0.1, -0.05) is 20.8 Å². The van der Waals surface area contributed by atoms with E-state index in [0.29, 0.717) is 12.0 Å². The number of nitrogens with one attached hydrogen (secondary N) is 1. The van der Waals surface area contributed by atoms with Crippen LogP contribution in [0.1, 0.15) is 40.0 Å². The number of rotatable bonds is 9. The van der Waals surface area contributed by atoms with Crippen molar-refractivity contribution in [2.75, 3.05) is 19.6 Å². The molecule has 0 aromatic heterocycles. The van der Waals surface area contributed by atoms with Crippen molar-refractivity contribution in [3.63, 3.8) is 0 Å². The highest BCUT2D eigenvalue weighted by Crippen LogP contribution is 2.27. The third-order valence-corrected chi connectivity index (χ3v) is 3.27. The van der Waals surface area contributed by atoms with Crippen molar-refractivity contribution in [3.05, 3.63) is 0 Å². The van der Waals surface area contributed by atoms with Crippen molar-refractivity contribution in [3.8, 4) is 0 Å². The van der Waals surface area contributed by atoms with E-state index < -0.39 is 0 Å². The molecule has 0 aliphatic heterocycles. The summed E-state index contributed by atoms with van der Waals surface area (Å²) in [6, 6.07) is 0.488. The first-order valence-corrected chi connectivity index (χ1v) is 6.81. The van der Waals surface area contributed by atoms with Crippen LogP contribution in [0.3, 0.4) is 0 Å². The van der Waals surface area contributed by atoms with Gasteiger partial charge in [0.1, 0.15) is 0 Å². The van der Waals surface area contributed by atoms with Crippen LogP contribution in [0.15, 0.2) is 0 Å². The molecule has 0 heterocycles. The van der Waals surface area contributed by atoms with Gasteiger partial charge in [0, 0.05) is 12.6 Å². The van der Waals surface area contributed by atoms with Gasteiger partial charge in [-0.2, -0.15) is 0 Å². The fourth-order valence-corrected chi connectivity index (χ4v) is 2.02. The summed E-state index contributed by atoms with van der Waals surface area (Å²) in [5.41, 5.74) is 5.42. The molecule has 1 amide bonds. The quantitative estimate of drug-likeness (QED) is 0.632. The van der Waals surface area contributed by atoms with Gasteiger partial charge in [-0.25, -0.2) is 0 Å². The zero-order valence-corrected chi connectivity index (χ0v) is 11.4. The van der Waals surface area contributed by atoms with Crippen LogP contribution in [0.25, 0.3) is 0 Å². The standard InChI is InChI=1S/C13H27N3O/c1-4-15-12(13(14)17)9-16(11-5-6-11)8-7-10(2)3/h10-12,15H,4-9H2,1-3H3,(H2,14,17). The Hall–Kier alpha value is -0.610. The molecular formula is C13H27N3O. The average Bonchev–Trinajstić information content (AvgIpc) is 3.05. The summed E-state index contributed by atoms with van der Waals surface area (Å²) >= 11 is 0. The Morgan fingerprint density at radius 1 is 1.47 bits per heavy atom. The van der Waals surface area contributed by atoms with Gasteiger partial charge in [-0.15, -0.1) is 0 Å². The van der Waals surface area contributed by atoms with E-state index >= 15 is 0 Å². The smallest absolute Gasteiger partial charge is 0.235 e. The van der Waals surface area contributed by atoms with Crippen LogP contribution >= 0.6 is 0 Å². The van der Waals surface area contributed by atoms with Gasteiger partial charge >= 0.3 is 0 Å². The fraction of sp³-hybridized carbons (Fsp3) is 0.923. The number of carbonyl (C=O) groups excluding carboxylic acids is 1. The maximum Gasteiger partial charge on any atom is 0.235 e. The fourth-order valence-electron chi connectivity index (χ4n) is 2.02. The summed E-state index contributed by atoms with van der Waals surface area (Å²) in [4.78, 5) is 13.8. The van der Waals surface area contributed by atoms with E-state index in [2.05, 4.69) is 24.1 Å². The van der Waals surface area contributed by atoms with E-state index in [1.807, 2.05) is 6.92 Å². The first-order chi connectivity index (χ1) is 8.04. The lowest BCUT2D eigenvalue weighted by atomic mass is 10.1. The van der Waals surface area contributed by atoms with Gasteiger partial charge < -0.3 is 11.1 Å². The van der Waals surface area contributed by atoms with Gasteiger partial charge in [-0.3, -0.25) is 9.69 Å². The van der Waals surface area contributed by atoms with Crippen molar-refractivity contribution in [1.29, 1.82) is 0 Å². The van der Waals surface area contributed by atoms with Crippen molar-refractivity contribution in [1.82, 2.24) is 10.2 Å². The first-order valence-electron chi connectivity index (χ1n) is 6.81. The number of carbonyl (C=O) groups is 1. The summed E-state index contributed by atoms with van der Waals surface area (Å²) in [6.07, 6.45) is 3.74. The Bertz CT molecular complexity index is 239. The topological polar surface area (TPSA) is 58.4 Å². The summed E-state index contributed by atoms with van der Waals surface area (Å²) in [5, 5.41) is 3.17. The molecule has 0 bridgehead atoms. The van der Waals surface area contributed by atoms with Crippen molar-refractivity contribution in [2.24, 2.45) is 11.7 Å². The number of hydrogen-bond donors (Lipinski definition) is 2. The Morgan fingerprint density at radius 2 is 2.12 bits per heavy atom. The predicted octanol–water partition coefficient (Wildman–Crippen LogP) is 0.960. The number of amides is 1. The van der Waals surface area contributed by atoms with Crippen molar-refractivity contribution < 1.29 is 4.79 Å². The highest BCUT2D eigenvalue weighted by atomic mass is 16.1. The van der Waals surface area contributed by atoms with Crippen LogP contribution in [0, 0.1) is 5.92 Å². The minimum Gasteiger partial charge on any atom is -0.368 e. The molecule has 17 heavy (non-hydrogen) atoms. The van der Waals surface area contributed by atoms with Crippen LogP contribution in [-0.4, -0.2) is 42.5 Å². The van der Waals surface area contributed by atoms with E-state index in [1.54, 1.807) is 0 Å². The third-order valence-electron chi connectivity index (χ3n) is 3.27. The molecule has 1 rings (SSSR count). The molecule has 4 heteroatoms. The summed E-state index contributed by atoms with van der Waals surface area (Å²) < 4.78 is 0. The van der Waals surface area contributed by atoms with Gasteiger partial charge in [0.15, 0.2) is 0 Å². The van der Waals surface area contributed by atoms with E-state index in [1.165, 1.54) is 19.3 Å². The molecule has 0 radical (unpaired) electrons. The van der Waals surface area contributed by atoms with Gasteiger partial charge in [0.05, 0.1) is 6.04 Å². The first kappa shape index (κ1) is 14.5. The molecule has 3 N–H and O–H groups in total. The minimum atomic E-state index is -0.234. The Labute approximate surface area is 105 Å². The second-order valence-electron chi connectivity index (χ2n) is 5.42. The van der Waals surface area contributed by atoms with Crippen LogP contribution in [0.2, 0.25) is 0 Å². The van der Waals surface area contributed by atoms with E-state index in [-0.39, 0.29) is 11.9 Å². The monoisotopic (exact) mass is 241 g/mol. The summed E-state index contributed by atoms with van der Waals surface area (Å²) in [6.45, 7) is 9.11. The molecule has 1 aliphatic rings. The SMILES string of the molecule is CCNC(CN(CCC(C)C)C1CC1)C(N)=O. The number of nitrogens with zero attached hydrogens (tertiary/aromatic N) is 1. The number of nitrogens with two attached hydrogens (primary N) is 1. The largest absolute Gasteiger partial charge is 0.368 e. The number of likely N-dealkylation sites (N-methyl/N-ethyl adjacent to an activating group) is 1. The zero-order valence-electron chi connectivity index (χ0n) is 11.4. The zero-order chi connectivity index (χ0) is 12.8. The summed E-state index contributed by atoms with van der Waals surface area (Å²) in [7, 11) is 0. The van der Waals surface area contributed by atoms with E-state index in [0.717, 1.165) is 19.6 Å². The van der Waals surface area contributed by atoms with Gasteiger partial charge in [0.2, 0.25) is 5.91 Å². The maximum absolute atomic E-state index is 11.3. The predicted molar refractivity (Wildman–Crippen MR) is 70.7 cm³/mol. The second kappa shape index (κ2) is 6.97. The molecule has 1 fully saturated rings. The number of hydrogen-bond acceptors (Lipinski definition) is 3. The number of primary amides is 1. The lowest BCUT2D eigenvalue weighted by Gasteiger charge is -2.27. The molecule has 100 valence electrons. The Morgan fingerprint density at radius 3 is 2.53 bits per heavy atom. The van der Waals surface area contributed by atoms with Crippen molar-refractivity contribution in [2.45, 2.75) is 52.1 Å². The molecule has 1 saturated carbocycles. The molecule has 1 unspecified atom stereocenters. The molecule has 0 saturated heterocycles. The van der Waals surface area contributed by atoms with Crippen LogP contribution < -0.4 is 11.1 Å². The highest BCUT2D eigenvalue weighted by molar-refractivity contribution is 5.80. The maximum atomic E-state index is 11.3. The highest BCUT2D eigenvalue weighted by Gasteiger charge is 2.31. The second-order valence-corrected chi connectivity index (χ2v) is 5.42. The molecular weight excluding hydrogens is 214 g/mol. The van der Waals surface area contributed by atoms with Crippen LogP contribution in [-0.2, 0) is 4.79 Å². The van der Waals surface area contributed by atoms with Crippen LogP contribution in [0.4, 0.5) is 0 Å². The molecule has 0 aromatic carbocycles. The van der Waals surface area contributed by atoms with E-state index in [4.69, 9.17) is 5.73 Å². The summed E-state index contributed by atoms with van der Waals surface area (Å²) in [5.74, 6) is 0.476. The minimum absolute atomic E-state index is 0.201. The van der Waals surface area contributed by atoms with Crippen LogP contribution in [0.5, 0.6) is 0 Å². The molecule has 4 nitrogen and oxygen atoms in total. The Balaban J connectivity index is 2.43. The average molecular weight is 241 g/mol. The molecule has 0 aromatic rings. The van der Waals surface area contributed by atoms with E-state index in [9.17, 15) is 4.79 Å². The molecule has 1 aliphatic carbocycles. The molecule has 1 atom stereocenters. The lowest BCUT2D eigenvalue weighted by Crippen LogP contribution is -2.49. The normalized spacial score (nSPS) is 17.7. The Kier molecular flexibility index (Phi) is 5.92. The third kappa shape index (κ3) is 5.50. The lowest BCUT2D eigenvalue weighted by molar-refractivity contribution is -0.120. The van der Waals surface area contributed by atoms with Crippen molar-refractivity contribution >= 4 is 5.91 Å². The molecule has 0 spiro atoms. The van der Waals surface area contributed by atoms with Gasteiger partial charge in [0.25, 0.3) is 0 Å².